The molecule has 0 fully saturated rings. The van der Waals surface area contributed by atoms with Crippen LogP contribution in [0.2, 0.25) is 0 Å². The van der Waals surface area contributed by atoms with Gasteiger partial charge in [0.15, 0.2) is 0 Å². The molecule has 6 heteroatoms. The Hall–Kier alpha value is -2.34. The number of hydrogen-bond donors (Lipinski definition) is 1. The summed E-state index contributed by atoms with van der Waals surface area (Å²) >= 11 is 4.92. The second-order valence-electron chi connectivity index (χ2n) is 4.37. The maximum Gasteiger partial charge on any atom is 0.261 e. The SMILES string of the molecule is CN(C(=O)c1cc(F)ccc1F)c1ccccc1C(N)=S. The van der Waals surface area contributed by atoms with Gasteiger partial charge in [-0.3, -0.25) is 4.79 Å². The average Bonchev–Trinajstić information content (AvgIpc) is 2.48. The van der Waals surface area contributed by atoms with E-state index in [1.165, 1.54) is 11.9 Å². The molecule has 0 atom stereocenters. The lowest BCUT2D eigenvalue weighted by Crippen LogP contribution is -2.29. The number of para-hydroxylation sites is 1. The minimum Gasteiger partial charge on any atom is -0.389 e. The highest BCUT2D eigenvalue weighted by molar-refractivity contribution is 7.80. The van der Waals surface area contributed by atoms with Crippen molar-refractivity contribution in [1.29, 1.82) is 0 Å². The molecule has 0 aromatic heterocycles. The van der Waals surface area contributed by atoms with Crippen molar-refractivity contribution in [2.45, 2.75) is 0 Å². The van der Waals surface area contributed by atoms with Gasteiger partial charge in [-0.25, -0.2) is 8.78 Å². The van der Waals surface area contributed by atoms with Crippen LogP contribution in [0.1, 0.15) is 15.9 Å². The summed E-state index contributed by atoms with van der Waals surface area (Å²) in [5.41, 5.74) is 6.17. The van der Waals surface area contributed by atoms with Crippen molar-refractivity contribution in [3.05, 3.63) is 65.2 Å². The minimum atomic E-state index is -0.791. The van der Waals surface area contributed by atoms with E-state index in [0.29, 0.717) is 11.3 Å². The number of hydrogen-bond acceptors (Lipinski definition) is 2. The molecular weight excluding hydrogens is 294 g/mol. The van der Waals surface area contributed by atoms with Gasteiger partial charge in [0.25, 0.3) is 5.91 Å². The molecule has 1 amide bonds. The van der Waals surface area contributed by atoms with Gasteiger partial charge in [-0.2, -0.15) is 0 Å². The first kappa shape index (κ1) is 15.1. The van der Waals surface area contributed by atoms with Gasteiger partial charge in [0.1, 0.15) is 16.6 Å². The summed E-state index contributed by atoms with van der Waals surface area (Å²) < 4.78 is 26.9. The van der Waals surface area contributed by atoms with Gasteiger partial charge < -0.3 is 10.6 Å². The Bertz CT molecular complexity index is 719. The van der Waals surface area contributed by atoms with E-state index in [1.54, 1.807) is 24.3 Å². The zero-order chi connectivity index (χ0) is 15.6. The molecule has 2 rings (SSSR count). The number of anilines is 1. The van der Waals surface area contributed by atoms with Crippen LogP contribution in [0.15, 0.2) is 42.5 Å². The number of carbonyl (C=O) groups is 1. The molecule has 0 aliphatic carbocycles. The number of rotatable bonds is 3. The van der Waals surface area contributed by atoms with Crippen LogP contribution in [0.5, 0.6) is 0 Å². The Balaban J connectivity index is 2.45. The lowest BCUT2D eigenvalue weighted by atomic mass is 10.1. The first-order valence-electron chi connectivity index (χ1n) is 6.03. The van der Waals surface area contributed by atoms with Crippen LogP contribution in [0.4, 0.5) is 14.5 Å². The molecule has 0 spiro atoms. The van der Waals surface area contributed by atoms with Crippen LogP contribution >= 0.6 is 12.2 Å². The van der Waals surface area contributed by atoms with E-state index in [9.17, 15) is 13.6 Å². The van der Waals surface area contributed by atoms with E-state index in [-0.39, 0.29) is 10.6 Å². The van der Waals surface area contributed by atoms with Gasteiger partial charge in [0.2, 0.25) is 0 Å². The number of carbonyl (C=O) groups excluding carboxylic acids is 1. The van der Waals surface area contributed by atoms with Crippen LogP contribution in [0.3, 0.4) is 0 Å². The van der Waals surface area contributed by atoms with Crippen LogP contribution in [0.25, 0.3) is 0 Å². The van der Waals surface area contributed by atoms with E-state index in [2.05, 4.69) is 0 Å². The summed E-state index contributed by atoms with van der Waals surface area (Å²) in [6.45, 7) is 0. The Morgan fingerprint density at radius 2 is 1.81 bits per heavy atom. The second kappa shape index (κ2) is 5.97. The normalized spacial score (nSPS) is 10.2. The monoisotopic (exact) mass is 306 g/mol. The highest BCUT2D eigenvalue weighted by Gasteiger charge is 2.20. The average molecular weight is 306 g/mol. The Morgan fingerprint density at radius 1 is 1.14 bits per heavy atom. The maximum absolute atomic E-state index is 13.7. The number of nitrogens with zero attached hydrogens (tertiary/aromatic N) is 1. The molecule has 2 N–H and O–H groups in total. The van der Waals surface area contributed by atoms with E-state index >= 15 is 0 Å². The lowest BCUT2D eigenvalue weighted by molar-refractivity contribution is 0.0988. The fraction of sp³-hybridized carbons (Fsp3) is 0.0667. The van der Waals surface area contributed by atoms with Crippen molar-refractivity contribution in [2.24, 2.45) is 5.73 Å². The lowest BCUT2D eigenvalue weighted by Gasteiger charge is -2.20. The highest BCUT2D eigenvalue weighted by atomic mass is 32.1. The van der Waals surface area contributed by atoms with Crippen molar-refractivity contribution in [3.8, 4) is 0 Å². The summed E-state index contributed by atoms with van der Waals surface area (Å²) in [5.74, 6) is -2.16. The molecular formula is C15H12F2N2OS. The highest BCUT2D eigenvalue weighted by Crippen LogP contribution is 2.22. The van der Waals surface area contributed by atoms with E-state index in [1.807, 2.05) is 0 Å². The Morgan fingerprint density at radius 3 is 2.48 bits per heavy atom. The number of halogens is 2. The van der Waals surface area contributed by atoms with Crippen molar-refractivity contribution >= 4 is 28.8 Å². The van der Waals surface area contributed by atoms with Gasteiger partial charge in [0.05, 0.1) is 11.3 Å². The quantitative estimate of drug-likeness (QED) is 0.887. The number of benzene rings is 2. The predicted molar refractivity (Wildman–Crippen MR) is 81.4 cm³/mol. The summed E-state index contributed by atoms with van der Waals surface area (Å²) in [6.07, 6.45) is 0. The van der Waals surface area contributed by atoms with Crippen LogP contribution < -0.4 is 10.6 Å². The molecule has 0 heterocycles. The molecule has 0 bridgehead atoms. The molecule has 0 saturated heterocycles. The smallest absolute Gasteiger partial charge is 0.261 e. The minimum absolute atomic E-state index is 0.116. The van der Waals surface area contributed by atoms with E-state index in [4.69, 9.17) is 18.0 Å². The van der Waals surface area contributed by atoms with Gasteiger partial charge in [0, 0.05) is 12.6 Å². The van der Waals surface area contributed by atoms with Gasteiger partial charge in [-0.1, -0.05) is 24.4 Å². The molecule has 0 radical (unpaired) electrons. The number of amides is 1. The zero-order valence-electron chi connectivity index (χ0n) is 11.1. The number of thiocarbonyl (C=S) groups is 1. The maximum atomic E-state index is 13.7. The molecule has 0 unspecified atom stereocenters. The van der Waals surface area contributed by atoms with Gasteiger partial charge in [-0.05, 0) is 30.3 Å². The summed E-state index contributed by atoms with van der Waals surface area (Å²) in [5, 5.41) is 0. The summed E-state index contributed by atoms with van der Waals surface area (Å²) in [7, 11) is 1.45. The van der Waals surface area contributed by atoms with Crippen LogP contribution in [-0.2, 0) is 0 Å². The Labute approximate surface area is 126 Å². The van der Waals surface area contributed by atoms with E-state index < -0.39 is 17.5 Å². The van der Waals surface area contributed by atoms with Crippen LogP contribution in [-0.4, -0.2) is 17.9 Å². The van der Waals surface area contributed by atoms with Crippen LogP contribution in [0, 0.1) is 11.6 Å². The van der Waals surface area contributed by atoms with Crippen molar-refractivity contribution in [3.63, 3.8) is 0 Å². The van der Waals surface area contributed by atoms with Gasteiger partial charge >= 0.3 is 0 Å². The third-order valence-electron chi connectivity index (χ3n) is 2.99. The zero-order valence-corrected chi connectivity index (χ0v) is 12.0. The van der Waals surface area contributed by atoms with E-state index in [0.717, 1.165) is 18.2 Å². The summed E-state index contributed by atoms with van der Waals surface area (Å²) in [6, 6.07) is 9.43. The molecule has 0 aliphatic heterocycles. The predicted octanol–water partition coefficient (Wildman–Crippen LogP) is 2.88. The molecule has 21 heavy (non-hydrogen) atoms. The number of nitrogens with two attached hydrogens (primary N) is 1. The standard InChI is InChI=1S/C15H12F2N2OS/c1-19(13-5-3-2-4-10(13)14(18)21)15(20)11-8-9(16)6-7-12(11)17/h2-8H,1H3,(H2,18,21). The first-order chi connectivity index (χ1) is 9.91. The fourth-order valence-electron chi connectivity index (χ4n) is 1.93. The molecule has 3 nitrogen and oxygen atoms in total. The summed E-state index contributed by atoms with van der Waals surface area (Å²) in [4.78, 5) is 13.6. The topological polar surface area (TPSA) is 46.3 Å². The third-order valence-corrected chi connectivity index (χ3v) is 3.21. The largest absolute Gasteiger partial charge is 0.389 e. The van der Waals surface area contributed by atoms with Crippen molar-refractivity contribution < 1.29 is 13.6 Å². The third kappa shape index (κ3) is 3.05. The van der Waals surface area contributed by atoms with Gasteiger partial charge in [-0.15, -0.1) is 0 Å². The first-order valence-corrected chi connectivity index (χ1v) is 6.44. The second-order valence-corrected chi connectivity index (χ2v) is 4.81. The molecule has 108 valence electrons. The molecule has 2 aromatic carbocycles. The Kier molecular flexibility index (Phi) is 4.28. The van der Waals surface area contributed by atoms with Crippen molar-refractivity contribution in [2.75, 3.05) is 11.9 Å². The van der Waals surface area contributed by atoms with Crippen molar-refractivity contribution in [1.82, 2.24) is 0 Å². The molecule has 0 aliphatic rings. The molecule has 2 aromatic rings. The molecule has 0 saturated carbocycles. The fourth-order valence-corrected chi connectivity index (χ4v) is 2.10.